The van der Waals surface area contributed by atoms with Gasteiger partial charge in [0.2, 0.25) is 0 Å². The Balaban J connectivity index is 1.58. The minimum atomic E-state index is -0.365. The van der Waals surface area contributed by atoms with E-state index in [9.17, 15) is 9.59 Å². The first kappa shape index (κ1) is 22.6. The summed E-state index contributed by atoms with van der Waals surface area (Å²) in [6, 6.07) is 17.3. The Labute approximate surface area is 197 Å². The van der Waals surface area contributed by atoms with Crippen LogP contribution in [0.4, 0.5) is 5.69 Å². The number of amidine groups is 1. The molecule has 3 aromatic rings. The molecular formula is C26H25N3O3S. The molecule has 2 aromatic carbocycles. The molecule has 0 bridgehead atoms. The SMILES string of the molecule is CCc1ccc(N=C2NC(=O)/C(=C/c3cc(C)n(-c4ccc(C(=O)OC)cc4)c3C)S2)cc1. The van der Waals surface area contributed by atoms with Gasteiger partial charge in [-0.15, -0.1) is 0 Å². The van der Waals surface area contributed by atoms with Crippen LogP contribution in [0.2, 0.25) is 0 Å². The average molecular weight is 460 g/mol. The second kappa shape index (κ2) is 9.50. The molecule has 2 heterocycles. The van der Waals surface area contributed by atoms with Gasteiger partial charge < -0.3 is 14.6 Å². The lowest BCUT2D eigenvalue weighted by atomic mass is 10.2. The van der Waals surface area contributed by atoms with Crippen molar-refractivity contribution in [3.8, 4) is 5.69 Å². The van der Waals surface area contributed by atoms with Crippen LogP contribution in [-0.4, -0.2) is 28.7 Å². The van der Waals surface area contributed by atoms with Gasteiger partial charge in [-0.2, -0.15) is 0 Å². The summed E-state index contributed by atoms with van der Waals surface area (Å²) in [7, 11) is 1.37. The number of nitrogens with one attached hydrogen (secondary N) is 1. The van der Waals surface area contributed by atoms with Crippen molar-refractivity contribution in [2.24, 2.45) is 4.99 Å². The van der Waals surface area contributed by atoms with Crippen molar-refractivity contribution < 1.29 is 14.3 Å². The molecule has 33 heavy (non-hydrogen) atoms. The van der Waals surface area contributed by atoms with Crippen molar-refractivity contribution in [3.63, 3.8) is 0 Å². The third kappa shape index (κ3) is 4.78. The molecule has 1 aliphatic heterocycles. The van der Waals surface area contributed by atoms with E-state index >= 15 is 0 Å². The Morgan fingerprint density at radius 1 is 1.12 bits per heavy atom. The zero-order valence-electron chi connectivity index (χ0n) is 19.0. The molecular weight excluding hydrogens is 434 g/mol. The van der Waals surface area contributed by atoms with Crippen LogP contribution in [-0.2, 0) is 16.0 Å². The largest absolute Gasteiger partial charge is 0.465 e. The number of thioether (sulfide) groups is 1. The highest BCUT2D eigenvalue weighted by Gasteiger charge is 2.24. The Morgan fingerprint density at radius 2 is 1.82 bits per heavy atom. The van der Waals surface area contributed by atoms with E-state index in [1.165, 1.54) is 24.4 Å². The monoisotopic (exact) mass is 459 g/mol. The number of aryl methyl sites for hydroxylation is 2. The molecule has 1 amide bonds. The summed E-state index contributed by atoms with van der Waals surface area (Å²) in [5.41, 5.74) is 6.47. The number of ether oxygens (including phenoxy) is 1. The highest BCUT2D eigenvalue weighted by atomic mass is 32.2. The second-order valence-electron chi connectivity index (χ2n) is 7.70. The van der Waals surface area contributed by atoms with Crippen LogP contribution in [0, 0.1) is 13.8 Å². The van der Waals surface area contributed by atoms with E-state index in [1.54, 1.807) is 12.1 Å². The first-order valence-corrected chi connectivity index (χ1v) is 11.5. The van der Waals surface area contributed by atoms with E-state index in [4.69, 9.17) is 4.74 Å². The van der Waals surface area contributed by atoms with E-state index in [2.05, 4.69) is 21.8 Å². The lowest BCUT2D eigenvalue weighted by molar-refractivity contribution is -0.115. The van der Waals surface area contributed by atoms with Gasteiger partial charge in [0, 0.05) is 17.1 Å². The number of hydrogen-bond donors (Lipinski definition) is 1. The number of carbonyl (C=O) groups is 2. The normalized spacial score (nSPS) is 15.8. The van der Waals surface area contributed by atoms with Gasteiger partial charge in [-0.25, -0.2) is 9.79 Å². The number of rotatable bonds is 5. The Kier molecular flexibility index (Phi) is 6.51. The van der Waals surface area contributed by atoms with Crippen molar-refractivity contribution in [1.82, 2.24) is 9.88 Å². The van der Waals surface area contributed by atoms with E-state index < -0.39 is 0 Å². The van der Waals surface area contributed by atoms with Gasteiger partial charge >= 0.3 is 5.97 Å². The zero-order valence-corrected chi connectivity index (χ0v) is 19.8. The van der Waals surface area contributed by atoms with Gasteiger partial charge in [0.25, 0.3) is 5.91 Å². The highest BCUT2D eigenvalue weighted by Crippen LogP contribution is 2.30. The third-order valence-corrected chi connectivity index (χ3v) is 6.44. The first-order valence-electron chi connectivity index (χ1n) is 10.7. The van der Waals surface area contributed by atoms with Crippen LogP contribution < -0.4 is 5.32 Å². The molecule has 0 spiro atoms. The van der Waals surface area contributed by atoms with Gasteiger partial charge in [0.1, 0.15) is 0 Å². The number of methoxy groups -OCH3 is 1. The molecule has 1 N–H and O–H groups in total. The summed E-state index contributed by atoms with van der Waals surface area (Å²) in [6.07, 6.45) is 2.87. The minimum Gasteiger partial charge on any atom is -0.465 e. The maximum absolute atomic E-state index is 12.6. The number of amides is 1. The van der Waals surface area contributed by atoms with Gasteiger partial charge in [-0.3, -0.25) is 4.79 Å². The van der Waals surface area contributed by atoms with Crippen LogP contribution in [0.25, 0.3) is 11.8 Å². The predicted octanol–water partition coefficient (Wildman–Crippen LogP) is 5.33. The van der Waals surface area contributed by atoms with E-state index in [0.717, 1.165) is 34.7 Å². The summed E-state index contributed by atoms with van der Waals surface area (Å²) in [4.78, 5) is 29.4. The van der Waals surface area contributed by atoms with Crippen LogP contribution in [0.15, 0.2) is 64.5 Å². The number of carbonyl (C=O) groups excluding carboxylic acids is 2. The van der Waals surface area contributed by atoms with Crippen molar-refractivity contribution >= 4 is 40.6 Å². The van der Waals surface area contributed by atoms with Gasteiger partial charge in [-0.1, -0.05) is 19.1 Å². The summed E-state index contributed by atoms with van der Waals surface area (Å²) >= 11 is 1.34. The Hall–Kier alpha value is -3.58. The van der Waals surface area contributed by atoms with Crippen molar-refractivity contribution in [1.29, 1.82) is 0 Å². The molecule has 0 radical (unpaired) electrons. The topological polar surface area (TPSA) is 72.7 Å². The molecule has 0 aliphatic carbocycles. The van der Waals surface area contributed by atoms with Gasteiger partial charge in [0.05, 0.1) is 23.3 Å². The quantitative estimate of drug-likeness (QED) is 0.413. The Morgan fingerprint density at radius 3 is 2.45 bits per heavy atom. The molecule has 1 aliphatic rings. The Bertz CT molecular complexity index is 1270. The van der Waals surface area contributed by atoms with Gasteiger partial charge in [0.15, 0.2) is 5.17 Å². The second-order valence-corrected chi connectivity index (χ2v) is 8.73. The molecule has 168 valence electrons. The zero-order chi connectivity index (χ0) is 23.5. The summed E-state index contributed by atoms with van der Waals surface area (Å²) in [6.45, 7) is 6.13. The molecule has 1 aromatic heterocycles. The maximum atomic E-state index is 12.6. The van der Waals surface area contributed by atoms with Crippen LogP contribution in [0.1, 0.15) is 39.8 Å². The number of hydrogen-bond acceptors (Lipinski definition) is 5. The van der Waals surface area contributed by atoms with E-state index in [1.807, 2.05) is 62.4 Å². The predicted molar refractivity (Wildman–Crippen MR) is 133 cm³/mol. The fourth-order valence-electron chi connectivity index (χ4n) is 3.74. The van der Waals surface area contributed by atoms with Crippen LogP contribution in [0.3, 0.4) is 0 Å². The van der Waals surface area contributed by atoms with Crippen molar-refractivity contribution in [3.05, 3.63) is 87.6 Å². The number of aliphatic imine (C=N–C) groups is 1. The standard InChI is InChI=1S/C26H25N3O3S/c1-5-18-6-10-21(11-7-18)27-26-28-24(30)23(33-26)15-20-14-16(2)29(17(20)3)22-12-8-19(9-13-22)25(31)32-4/h6-15H,5H2,1-4H3,(H,27,28,30)/b23-15-. The summed E-state index contributed by atoms with van der Waals surface area (Å²) < 4.78 is 6.86. The van der Waals surface area contributed by atoms with Crippen molar-refractivity contribution in [2.75, 3.05) is 7.11 Å². The fraction of sp³-hybridized carbons (Fsp3) is 0.192. The third-order valence-electron chi connectivity index (χ3n) is 5.53. The lowest BCUT2D eigenvalue weighted by Gasteiger charge is -2.10. The molecule has 1 fully saturated rings. The minimum absolute atomic E-state index is 0.156. The highest BCUT2D eigenvalue weighted by molar-refractivity contribution is 8.18. The summed E-state index contributed by atoms with van der Waals surface area (Å²) in [5.74, 6) is -0.521. The first-order chi connectivity index (χ1) is 15.9. The number of esters is 1. The molecule has 4 rings (SSSR count). The molecule has 0 atom stereocenters. The maximum Gasteiger partial charge on any atom is 0.337 e. The number of aromatic nitrogens is 1. The average Bonchev–Trinajstić information content (AvgIpc) is 3.31. The van der Waals surface area contributed by atoms with E-state index in [0.29, 0.717) is 15.6 Å². The molecule has 0 unspecified atom stereocenters. The lowest BCUT2D eigenvalue weighted by Crippen LogP contribution is -2.19. The fourth-order valence-corrected chi connectivity index (χ4v) is 4.57. The smallest absolute Gasteiger partial charge is 0.337 e. The molecule has 0 saturated carbocycles. The molecule has 1 saturated heterocycles. The molecule has 6 nitrogen and oxygen atoms in total. The number of benzene rings is 2. The number of nitrogens with zero attached hydrogens (tertiary/aromatic N) is 2. The van der Waals surface area contributed by atoms with Crippen LogP contribution in [0.5, 0.6) is 0 Å². The van der Waals surface area contributed by atoms with Crippen molar-refractivity contribution in [2.45, 2.75) is 27.2 Å². The van der Waals surface area contributed by atoms with Gasteiger partial charge in [-0.05, 0) is 91.7 Å². The van der Waals surface area contributed by atoms with E-state index in [-0.39, 0.29) is 11.9 Å². The molecule has 7 heteroatoms. The summed E-state index contributed by atoms with van der Waals surface area (Å²) in [5, 5.41) is 3.42. The van der Waals surface area contributed by atoms with Crippen LogP contribution >= 0.6 is 11.8 Å².